The van der Waals surface area contributed by atoms with Gasteiger partial charge in [0.2, 0.25) is 0 Å². The summed E-state index contributed by atoms with van der Waals surface area (Å²) in [7, 11) is 0. The lowest BCUT2D eigenvalue weighted by Crippen LogP contribution is -2.48. The summed E-state index contributed by atoms with van der Waals surface area (Å²) in [5, 5.41) is 7.63. The molecule has 0 atom stereocenters. The van der Waals surface area contributed by atoms with Gasteiger partial charge in [-0.3, -0.25) is 9.69 Å². The molecule has 6 heteroatoms. The molecule has 0 N–H and O–H groups in total. The zero-order chi connectivity index (χ0) is 14.2. The molecule has 0 aromatic carbocycles. The first-order valence-corrected chi connectivity index (χ1v) is 8.35. The number of rotatable bonds is 5. The second-order valence-electron chi connectivity index (χ2n) is 6.06. The number of thiazole rings is 1. The second-order valence-corrected chi connectivity index (χ2v) is 6.95. The van der Waals surface area contributed by atoms with E-state index < -0.39 is 0 Å². The average molecular weight is 302 g/mol. The van der Waals surface area contributed by atoms with E-state index in [0.717, 1.165) is 32.1 Å². The third-order valence-corrected chi connectivity index (χ3v) is 5.19. The fraction of sp³-hybridized carbons (Fsp3) is 0.533. The molecule has 1 aliphatic carbocycles. The van der Waals surface area contributed by atoms with Crippen LogP contribution in [0.3, 0.4) is 0 Å². The highest BCUT2D eigenvalue weighted by Crippen LogP contribution is 2.41. The van der Waals surface area contributed by atoms with Crippen LogP contribution in [0.2, 0.25) is 0 Å². The highest BCUT2D eigenvalue weighted by Gasteiger charge is 2.29. The van der Waals surface area contributed by atoms with Gasteiger partial charge in [-0.05, 0) is 18.9 Å². The van der Waals surface area contributed by atoms with E-state index in [4.69, 9.17) is 4.98 Å². The molecule has 21 heavy (non-hydrogen) atoms. The zero-order valence-corrected chi connectivity index (χ0v) is 12.6. The van der Waals surface area contributed by atoms with Crippen molar-refractivity contribution >= 4 is 11.3 Å². The lowest BCUT2D eigenvalue weighted by molar-refractivity contribution is 0.0755. The molecule has 0 bridgehead atoms. The Labute approximate surface area is 127 Å². The molecule has 2 aliphatic rings. The Hall–Kier alpha value is -1.53. The monoisotopic (exact) mass is 302 g/mol. The Kier molecular flexibility index (Phi) is 3.35. The van der Waals surface area contributed by atoms with Crippen molar-refractivity contribution in [3.05, 3.63) is 44.8 Å². The van der Waals surface area contributed by atoms with Crippen molar-refractivity contribution in [2.24, 2.45) is 5.92 Å². The third-order valence-electron chi connectivity index (χ3n) is 4.13. The van der Waals surface area contributed by atoms with Crippen molar-refractivity contribution in [1.29, 1.82) is 0 Å². The lowest BCUT2D eigenvalue weighted by atomic mass is 10.00. The van der Waals surface area contributed by atoms with E-state index in [2.05, 4.69) is 15.4 Å². The maximum absolute atomic E-state index is 11.6. The summed E-state index contributed by atoms with van der Waals surface area (Å²) in [5.41, 5.74) is 1.19. The number of likely N-dealkylation sites (tertiary alicyclic amines) is 1. The molecule has 5 nitrogen and oxygen atoms in total. The first kappa shape index (κ1) is 13.2. The van der Waals surface area contributed by atoms with E-state index in [0.29, 0.717) is 5.92 Å². The van der Waals surface area contributed by atoms with Gasteiger partial charge < -0.3 is 0 Å². The molecule has 1 saturated carbocycles. The molecule has 2 fully saturated rings. The van der Waals surface area contributed by atoms with Crippen LogP contribution in [0.25, 0.3) is 0 Å². The van der Waals surface area contributed by atoms with Crippen molar-refractivity contribution < 1.29 is 0 Å². The van der Waals surface area contributed by atoms with Crippen molar-refractivity contribution in [3.63, 3.8) is 0 Å². The first-order chi connectivity index (χ1) is 10.3. The van der Waals surface area contributed by atoms with Gasteiger partial charge in [-0.1, -0.05) is 0 Å². The minimum Gasteiger partial charge on any atom is -0.297 e. The third kappa shape index (κ3) is 2.91. The second kappa shape index (κ2) is 5.35. The van der Waals surface area contributed by atoms with Crippen LogP contribution < -0.4 is 5.56 Å². The van der Waals surface area contributed by atoms with Crippen LogP contribution in [-0.2, 0) is 13.1 Å². The van der Waals surface area contributed by atoms with E-state index in [9.17, 15) is 4.79 Å². The van der Waals surface area contributed by atoms with Crippen molar-refractivity contribution in [1.82, 2.24) is 19.7 Å². The largest absolute Gasteiger partial charge is 0.297 e. The molecule has 4 rings (SSSR count). The van der Waals surface area contributed by atoms with E-state index in [1.807, 2.05) is 11.3 Å². The number of nitrogens with zero attached hydrogens (tertiary/aromatic N) is 4. The molecular weight excluding hydrogens is 284 g/mol. The normalized spacial score (nSPS) is 19.6. The van der Waals surface area contributed by atoms with Crippen molar-refractivity contribution in [3.8, 4) is 0 Å². The van der Waals surface area contributed by atoms with Gasteiger partial charge in [-0.2, -0.15) is 5.10 Å². The predicted octanol–water partition coefficient (Wildman–Crippen LogP) is 1.71. The number of hydrogen-bond donors (Lipinski definition) is 0. The van der Waals surface area contributed by atoms with Crippen LogP contribution in [0.4, 0.5) is 0 Å². The van der Waals surface area contributed by atoms with Gasteiger partial charge in [-0.25, -0.2) is 9.67 Å². The summed E-state index contributed by atoms with van der Waals surface area (Å²) >= 11 is 1.81. The summed E-state index contributed by atoms with van der Waals surface area (Å²) in [6.45, 7) is 3.72. The molecule has 2 aromatic rings. The van der Waals surface area contributed by atoms with E-state index in [1.165, 1.54) is 23.5 Å². The fourth-order valence-electron chi connectivity index (χ4n) is 2.83. The Bertz CT molecular complexity index is 685. The molecule has 1 saturated heterocycles. The van der Waals surface area contributed by atoms with Gasteiger partial charge in [-0.15, -0.1) is 11.3 Å². The SMILES string of the molecule is O=c1cccnn1CC1CN(Cc2csc(C3CC3)n2)C1. The van der Waals surface area contributed by atoms with Gasteiger partial charge >= 0.3 is 0 Å². The topological polar surface area (TPSA) is 51.0 Å². The van der Waals surface area contributed by atoms with Crippen LogP contribution in [-0.4, -0.2) is 32.8 Å². The highest BCUT2D eigenvalue weighted by molar-refractivity contribution is 7.09. The lowest BCUT2D eigenvalue weighted by Gasteiger charge is -2.38. The molecule has 2 aromatic heterocycles. The maximum Gasteiger partial charge on any atom is 0.266 e. The van der Waals surface area contributed by atoms with Gasteiger partial charge in [0.25, 0.3) is 5.56 Å². The minimum absolute atomic E-state index is 0.00970. The summed E-state index contributed by atoms with van der Waals surface area (Å²) in [5.74, 6) is 1.28. The van der Waals surface area contributed by atoms with Gasteiger partial charge in [0.15, 0.2) is 0 Å². The molecule has 0 amide bonds. The Morgan fingerprint density at radius 1 is 1.33 bits per heavy atom. The first-order valence-electron chi connectivity index (χ1n) is 7.47. The molecule has 0 unspecified atom stereocenters. The summed E-state index contributed by atoms with van der Waals surface area (Å²) in [4.78, 5) is 18.7. The standard InChI is InChI=1S/C15H18N4OS/c20-14-2-1-5-16-19(14)8-11-6-18(7-11)9-13-10-21-15(17-13)12-3-4-12/h1-2,5,10-12H,3-4,6-9H2. The molecule has 110 valence electrons. The molecule has 0 radical (unpaired) electrons. The van der Waals surface area contributed by atoms with Crippen LogP contribution in [0, 0.1) is 5.92 Å². The maximum atomic E-state index is 11.6. The van der Waals surface area contributed by atoms with Crippen LogP contribution >= 0.6 is 11.3 Å². The molecule has 3 heterocycles. The van der Waals surface area contributed by atoms with Crippen molar-refractivity contribution in [2.75, 3.05) is 13.1 Å². The fourth-order valence-corrected chi connectivity index (χ4v) is 3.81. The number of aromatic nitrogens is 3. The summed E-state index contributed by atoms with van der Waals surface area (Å²) < 4.78 is 1.57. The number of hydrogen-bond acceptors (Lipinski definition) is 5. The van der Waals surface area contributed by atoms with Crippen LogP contribution in [0.15, 0.2) is 28.5 Å². The molecule has 1 aliphatic heterocycles. The van der Waals surface area contributed by atoms with E-state index in [1.54, 1.807) is 23.0 Å². The minimum atomic E-state index is -0.00970. The summed E-state index contributed by atoms with van der Waals surface area (Å²) in [6, 6.07) is 3.25. The quantitative estimate of drug-likeness (QED) is 0.844. The van der Waals surface area contributed by atoms with E-state index >= 15 is 0 Å². The predicted molar refractivity (Wildman–Crippen MR) is 81.4 cm³/mol. The van der Waals surface area contributed by atoms with E-state index in [-0.39, 0.29) is 5.56 Å². The molecule has 0 spiro atoms. The smallest absolute Gasteiger partial charge is 0.266 e. The Morgan fingerprint density at radius 2 is 2.19 bits per heavy atom. The van der Waals surface area contributed by atoms with Gasteiger partial charge in [0.1, 0.15) is 0 Å². The average Bonchev–Trinajstić information content (AvgIpc) is 3.19. The van der Waals surface area contributed by atoms with Gasteiger partial charge in [0.05, 0.1) is 17.2 Å². The molecular formula is C15H18N4OS. The van der Waals surface area contributed by atoms with Crippen molar-refractivity contribution in [2.45, 2.75) is 31.8 Å². The zero-order valence-electron chi connectivity index (χ0n) is 11.8. The van der Waals surface area contributed by atoms with Gasteiger partial charge in [0, 0.05) is 49.1 Å². The summed E-state index contributed by atoms with van der Waals surface area (Å²) in [6.07, 6.45) is 4.31. The van der Waals surface area contributed by atoms with Crippen LogP contribution in [0.1, 0.15) is 29.5 Å². The van der Waals surface area contributed by atoms with Crippen LogP contribution in [0.5, 0.6) is 0 Å². The Balaban J connectivity index is 1.29. The highest BCUT2D eigenvalue weighted by atomic mass is 32.1. The Morgan fingerprint density at radius 3 is 2.95 bits per heavy atom.